The molecule has 1 amide bonds. The van der Waals surface area contributed by atoms with Gasteiger partial charge in [-0.1, -0.05) is 37.3 Å². The minimum atomic E-state index is -0.210. The van der Waals surface area contributed by atoms with Gasteiger partial charge in [0.15, 0.2) is 0 Å². The normalized spacial score (nSPS) is 17.0. The van der Waals surface area contributed by atoms with Gasteiger partial charge in [-0.25, -0.2) is 0 Å². The molecule has 0 saturated carbocycles. The van der Waals surface area contributed by atoms with E-state index in [-0.39, 0.29) is 11.9 Å². The lowest BCUT2D eigenvalue weighted by Gasteiger charge is -2.25. The van der Waals surface area contributed by atoms with Gasteiger partial charge in [0.1, 0.15) is 17.5 Å². The van der Waals surface area contributed by atoms with Crippen molar-refractivity contribution in [2.45, 2.75) is 32.2 Å². The lowest BCUT2D eigenvalue weighted by Crippen LogP contribution is -2.39. The van der Waals surface area contributed by atoms with Crippen LogP contribution in [0.3, 0.4) is 0 Å². The molecule has 1 aromatic carbocycles. The Kier molecular flexibility index (Phi) is 3.64. The lowest BCUT2D eigenvalue weighted by molar-refractivity contribution is -0.117. The third kappa shape index (κ3) is 2.63. The summed E-state index contributed by atoms with van der Waals surface area (Å²) in [5.41, 5.74) is 3.01. The van der Waals surface area contributed by atoms with Crippen LogP contribution in [0.1, 0.15) is 24.6 Å². The van der Waals surface area contributed by atoms with Crippen LogP contribution in [0.15, 0.2) is 30.3 Å². The van der Waals surface area contributed by atoms with Gasteiger partial charge in [0, 0.05) is 7.05 Å². The maximum Gasteiger partial charge on any atom is 0.247 e. The van der Waals surface area contributed by atoms with Crippen LogP contribution >= 0.6 is 0 Å². The Bertz CT molecular complexity index is 648. The van der Waals surface area contributed by atoms with Gasteiger partial charge >= 0.3 is 0 Å². The highest BCUT2D eigenvalue weighted by Crippen LogP contribution is 2.31. The summed E-state index contributed by atoms with van der Waals surface area (Å²) in [6.45, 7) is 2.04. The third-order valence-electron chi connectivity index (χ3n) is 3.89. The molecule has 5 nitrogen and oxygen atoms in total. The molecule has 5 heteroatoms. The van der Waals surface area contributed by atoms with Crippen molar-refractivity contribution in [3.8, 4) is 0 Å². The number of amides is 1. The maximum absolute atomic E-state index is 12.2. The molecule has 21 heavy (non-hydrogen) atoms. The number of carbonyl (C=O) groups is 1. The molecule has 1 atom stereocenters. The quantitative estimate of drug-likeness (QED) is 0.906. The molecule has 1 aliphatic heterocycles. The van der Waals surface area contributed by atoms with Crippen LogP contribution in [0.4, 0.5) is 11.5 Å². The molecule has 0 aliphatic carbocycles. The van der Waals surface area contributed by atoms with Crippen LogP contribution in [-0.2, 0) is 24.7 Å². The Morgan fingerprint density at radius 3 is 2.76 bits per heavy atom. The SMILES string of the molecule is CCc1nn(C)c2c1NC(=O)C(CCc1ccccc1)N2. The van der Waals surface area contributed by atoms with Gasteiger partial charge in [-0.05, 0) is 24.8 Å². The molecule has 0 spiro atoms. The van der Waals surface area contributed by atoms with Crippen molar-refractivity contribution in [3.63, 3.8) is 0 Å². The van der Waals surface area contributed by atoms with Crippen LogP contribution in [0, 0.1) is 0 Å². The first-order chi connectivity index (χ1) is 10.2. The lowest BCUT2D eigenvalue weighted by atomic mass is 10.0. The van der Waals surface area contributed by atoms with Crippen LogP contribution in [0.5, 0.6) is 0 Å². The number of rotatable bonds is 4. The molecule has 2 heterocycles. The molecule has 1 aliphatic rings. The van der Waals surface area contributed by atoms with Gasteiger partial charge in [0.05, 0.1) is 5.69 Å². The molecule has 2 aromatic rings. The van der Waals surface area contributed by atoms with Crippen molar-refractivity contribution >= 4 is 17.4 Å². The van der Waals surface area contributed by atoms with Gasteiger partial charge < -0.3 is 10.6 Å². The fraction of sp³-hybridized carbons (Fsp3) is 0.375. The zero-order chi connectivity index (χ0) is 14.8. The number of benzene rings is 1. The van der Waals surface area contributed by atoms with E-state index < -0.39 is 0 Å². The van der Waals surface area contributed by atoms with E-state index in [9.17, 15) is 4.79 Å². The number of aromatic nitrogens is 2. The van der Waals surface area contributed by atoms with Crippen molar-refractivity contribution in [1.29, 1.82) is 0 Å². The average molecular weight is 284 g/mol. The number of nitrogens with one attached hydrogen (secondary N) is 2. The Morgan fingerprint density at radius 1 is 1.29 bits per heavy atom. The third-order valence-corrected chi connectivity index (χ3v) is 3.89. The Balaban J connectivity index is 1.73. The van der Waals surface area contributed by atoms with Gasteiger partial charge in [-0.2, -0.15) is 5.10 Å². The average Bonchev–Trinajstić information content (AvgIpc) is 2.81. The largest absolute Gasteiger partial charge is 0.357 e. The zero-order valence-corrected chi connectivity index (χ0v) is 12.4. The van der Waals surface area contributed by atoms with E-state index in [0.717, 1.165) is 36.5 Å². The monoisotopic (exact) mass is 284 g/mol. The standard InChI is InChI=1S/C16H20N4O/c1-3-12-14-15(20(2)19-12)17-13(16(21)18-14)10-9-11-7-5-4-6-8-11/h4-8,13,17H,3,9-10H2,1-2H3,(H,18,21). The summed E-state index contributed by atoms with van der Waals surface area (Å²) in [6, 6.07) is 10.0. The summed E-state index contributed by atoms with van der Waals surface area (Å²) >= 11 is 0. The highest BCUT2D eigenvalue weighted by molar-refractivity contribution is 6.03. The molecule has 3 rings (SSSR count). The number of anilines is 2. The minimum Gasteiger partial charge on any atom is -0.357 e. The Morgan fingerprint density at radius 2 is 2.05 bits per heavy atom. The number of aryl methyl sites for hydroxylation is 3. The second kappa shape index (κ2) is 5.60. The molecule has 0 fully saturated rings. The Labute approximate surface area is 124 Å². The fourth-order valence-corrected chi connectivity index (χ4v) is 2.72. The van der Waals surface area contributed by atoms with Crippen molar-refractivity contribution in [3.05, 3.63) is 41.6 Å². The van der Waals surface area contributed by atoms with Gasteiger partial charge in [0.2, 0.25) is 5.91 Å². The van der Waals surface area contributed by atoms with Crippen LogP contribution < -0.4 is 10.6 Å². The van der Waals surface area contributed by atoms with E-state index in [0.29, 0.717) is 0 Å². The first-order valence-corrected chi connectivity index (χ1v) is 7.36. The summed E-state index contributed by atoms with van der Waals surface area (Å²) in [5.74, 6) is 0.936. The summed E-state index contributed by atoms with van der Waals surface area (Å²) in [6.07, 6.45) is 2.45. The first kappa shape index (κ1) is 13.7. The van der Waals surface area contributed by atoms with Crippen LogP contribution in [0.25, 0.3) is 0 Å². The zero-order valence-electron chi connectivity index (χ0n) is 12.4. The summed E-state index contributed by atoms with van der Waals surface area (Å²) in [5, 5.41) is 10.8. The maximum atomic E-state index is 12.2. The fourth-order valence-electron chi connectivity index (χ4n) is 2.72. The molecule has 0 bridgehead atoms. The van der Waals surface area contributed by atoms with Crippen molar-refractivity contribution < 1.29 is 4.79 Å². The first-order valence-electron chi connectivity index (χ1n) is 7.36. The van der Waals surface area contributed by atoms with Gasteiger partial charge in [-0.15, -0.1) is 0 Å². The Hall–Kier alpha value is -2.30. The molecular formula is C16H20N4O. The number of hydrogen-bond acceptors (Lipinski definition) is 3. The van der Waals surface area contributed by atoms with E-state index in [1.807, 2.05) is 36.9 Å². The smallest absolute Gasteiger partial charge is 0.247 e. The van der Waals surface area contributed by atoms with Crippen molar-refractivity contribution in [2.75, 3.05) is 10.6 Å². The number of carbonyl (C=O) groups excluding carboxylic acids is 1. The molecule has 110 valence electrons. The predicted molar refractivity (Wildman–Crippen MR) is 83.4 cm³/mol. The molecule has 2 N–H and O–H groups in total. The summed E-state index contributed by atoms with van der Waals surface area (Å²) in [4.78, 5) is 12.2. The van der Waals surface area contributed by atoms with Crippen molar-refractivity contribution in [1.82, 2.24) is 9.78 Å². The van der Waals surface area contributed by atoms with E-state index in [1.165, 1.54) is 5.56 Å². The number of nitrogens with zero attached hydrogens (tertiary/aromatic N) is 2. The molecule has 1 unspecified atom stereocenters. The predicted octanol–water partition coefficient (Wildman–Crippen LogP) is 2.35. The highest BCUT2D eigenvalue weighted by Gasteiger charge is 2.29. The van der Waals surface area contributed by atoms with E-state index >= 15 is 0 Å². The molecular weight excluding hydrogens is 264 g/mol. The molecule has 0 radical (unpaired) electrons. The number of hydrogen-bond donors (Lipinski definition) is 2. The van der Waals surface area contributed by atoms with E-state index in [1.54, 1.807) is 0 Å². The van der Waals surface area contributed by atoms with Crippen LogP contribution in [-0.4, -0.2) is 21.7 Å². The van der Waals surface area contributed by atoms with E-state index in [4.69, 9.17) is 0 Å². The van der Waals surface area contributed by atoms with E-state index in [2.05, 4.69) is 27.9 Å². The second-order valence-corrected chi connectivity index (χ2v) is 5.36. The summed E-state index contributed by atoms with van der Waals surface area (Å²) < 4.78 is 1.81. The summed E-state index contributed by atoms with van der Waals surface area (Å²) in [7, 11) is 1.90. The van der Waals surface area contributed by atoms with Crippen LogP contribution in [0.2, 0.25) is 0 Å². The topological polar surface area (TPSA) is 59.0 Å². The highest BCUT2D eigenvalue weighted by atomic mass is 16.2. The molecule has 1 aromatic heterocycles. The van der Waals surface area contributed by atoms with Crippen molar-refractivity contribution in [2.24, 2.45) is 7.05 Å². The molecule has 0 saturated heterocycles. The second-order valence-electron chi connectivity index (χ2n) is 5.36. The minimum absolute atomic E-state index is 0.0288. The van der Waals surface area contributed by atoms with Gasteiger partial charge in [0.25, 0.3) is 0 Å². The number of fused-ring (bicyclic) bond motifs is 1. The van der Waals surface area contributed by atoms with Gasteiger partial charge in [-0.3, -0.25) is 9.48 Å².